The molecule has 5 nitrogen and oxygen atoms in total. The molecule has 118 valence electrons. The highest BCUT2D eigenvalue weighted by Crippen LogP contribution is 2.32. The average Bonchev–Trinajstić information content (AvgIpc) is 2.89. The second kappa shape index (κ2) is 5.94. The number of ether oxygens (including phenoxy) is 1. The lowest BCUT2D eigenvalue weighted by molar-refractivity contribution is 0.399. The van der Waals surface area contributed by atoms with Crippen molar-refractivity contribution in [2.45, 2.75) is 50.0 Å². The van der Waals surface area contributed by atoms with Crippen LogP contribution in [0.2, 0.25) is 0 Å². The fourth-order valence-corrected chi connectivity index (χ4v) is 4.79. The van der Waals surface area contributed by atoms with Crippen molar-refractivity contribution in [2.75, 3.05) is 13.7 Å². The summed E-state index contributed by atoms with van der Waals surface area (Å²) in [6.07, 6.45) is 3.63. The molecule has 0 radical (unpaired) electrons. The highest BCUT2D eigenvalue weighted by atomic mass is 32.2. The molecular weight excluding hydrogens is 288 g/mol. The zero-order valence-electron chi connectivity index (χ0n) is 12.9. The van der Waals surface area contributed by atoms with Crippen molar-refractivity contribution in [3.63, 3.8) is 0 Å². The van der Waals surface area contributed by atoms with Gasteiger partial charge >= 0.3 is 0 Å². The van der Waals surface area contributed by atoms with E-state index in [0.717, 1.165) is 31.2 Å². The van der Waals surface area contributed by atoms with E-state index >= 15 is 0 Å². The third-order valence-electron chi connectivity index (χ3n) is 4.28. The van der Waals surface area contributed by atoms with E-state index in [1.807, 2.05) is 6.92 Å². The molecule has 3 N–H and O–H groups in total. The van der Waals surface area contributed by atoms with Crippen molar-refractivity contribution < 1.29 is 13.2 Å². The Morgan fingerprint density at radius 3 is 2.38 bits per heavy atom. The van der Waals surface area contributed by atoms with Crippen LogP contribution in [0.15, 0.2) is 17.0 Å². The van der Waals surface area contributed by atoms with Crippen LogP contribution in [0.3, 0.4) is 0 Å². The van der Waals surface area contributed by atoms with E-state index in [1.54, 1.807) is 26.2 Å². The second-order valence-electron chi connectivity index (χ2n) is 5.88. The number of methoxy groups -OCH3 is 1. The molecule has 1 saturated carbocycles. The summed E-state index contributed by atoms with van der Waals surface area (Å²) in [5, 5.41) is 0. The maximum Gasteiger partial charge on any atom is 0.241 e. The third kappa shape index (κ3) is 3.22. The normalized spacial score (nSPS) is 17.9. The lowest BCUT2D eigenvalue weighted by Gasteiger charge is -2.28. The standard InChI is InChI=1S/C15H24N2O3S/c1-11-9-14(12(2)8-13(11)20-3)21(18,19)17-15(10-16)6-4-5-7-15/h8-9,17H,4-7,10,16H2,1-3H3. The Bertz CT molecular complexity index is 620. The summed E-state index contributed by atoms with van der Waals surface area (Å²) >= 11 is 0. The van der Waals surface area contributed by atoms with Crippen LogP contribution in [0.25, 0.3) is 0 Å². The minimum atomic E-state index is -3.58. The van der Waals surface area contributed by atoms with Gasteiger partial charge in [-0.15, -0.1) is 0 Å². The quantitative estimate of drug-likeness (QED) is 0.869. The van der Waals surface area contributed by atoms with Crippen molar-refractivity contribution in [2.24, 2.45) is 5.73 Å². The number of rotatable bonds is 5. The van der Waals surface area contributed by atoms with Gasteiger partial charge in [-0.25, -0.2) is 13.1 Å². The van der Waals surface area contributed by atoms with Gasteiger partial charge in [0.15, 0.2) is 0 Å². The summed E-state index contributed by atoms with van der Waals surface area (Å²) < 4.78 is 33.5. The van der Waals surface area contributed by atoms with Gasteiger partial charge in [-0.3, -0.25) is 0 Å². The monoisotopic (exact) mass is 312 g/mol. The van der Waals surface area contributed by atoms with E-state index in [2.05, 4.69) is 4.72 Å². The number of hydrogen-bond donors (Lipinski definition) is 2. The largest absolute Gasteiger partial charge is 0.496 e. The fraction of sp³-hybridized carbons (Fsp3) is 0.600. The lowest BCUT2D eigenvalue weighted by atomic mass is 10.0. The second-order valence-corrected chi connectivity index (χ2v) is 7.54. The summed E-state index contributed by atoms with van der Waals surface area (Å²) in [7, 11) is -2.00. The Hall–Kier alpha value is -1.11. The van der Waals surface area contributed by atoms with E-state index in [0.29, 0.717) is 22.8 Å². The van der Waals surface area contributed by atoms with Gasteiger partial charge in [0.2, 0.25) is 10.0 Å². The third-order valence-corrected chi connectivity index (χ3v) is 6.00. The van der Waals surface area contributed by atoms with E-state index in [-0.39, 0.29) is 0 Å². The van der Waals surface area contributed by atoms with Gasteiger partial charge in [0.05, 0.1) is 12.0 Å². The first-order valence-corrected chi connectivity index (χ1v) is 8.71. The zero-order chi connectivity index (χ0) is 15.7. The van der Waals surface area contributed by atoms with E-state index in [4.69, 9.17) is 10.5 Å². The molecule has 0 aromatic heterocycles. The average molecular weight is 312 g/mol. The zero-order valence-corrected chi connectivity index (χ0v) is 13.7. The van der Waals surface area contributed by atoms with Gasteiger partial charge in [0.1, 0.15) is 5.75 Å². The van der Waals surface area contributed by atoms with Gasteiger partial charge in [-0.1, -0.05) is 12.8 Å². The van der Waals surface area contributed by atoms with Crippen LogP contribution in [0.5, 0.6) is 5.75 Å². The Morgan fingerprint density at radius 2 is 1.86 bits per heavy atom. The molecule has 0 atom stereocenters. The molecule has 21 heavy (non-hydrogen) atoms. The highest BCUT2D eigenvalue weighted by molar-refractivity contribution is 7.89. The molecule has 1 fully saturated rings. The molecule has 0 bridgehead atoms. The van der Waals surface area contributed by atoms with Crippen LogP contribution in [0, 0.1) is 13.8 Å². The first kappa shape index (κ1) is 16.3. The first-order chi connectivity index (χ1) is 9.83. The molecule has 0 saturated heterocycles. The predicted octanol–water partition coefficient (Wildman–Crippen LogP) is 1.86. The molecule has 0 aliphatic heterocycles. The summed E-state index contributed by atoms with van der Waals surface area (Å²) in [4.78, 5) is 0.306. The minimum absolute atomic E-state index is 0.306. The van der Waals surface area contributed by atoms with E-state index in [9.17, 15) is 8.42 Å². The Morgan fingerprint density at radius 1 is 1.24 bits per heavy atom. The minimum Gasteiger partial charge on any atom is -0.496 e. The van der Waals surface area contributed by atoms with Crippen LogP contribution in [-0.2, 0) is 10.0 Å². The lowest BCUT2D eigenvalue weighted by Crippen LogP contribution is -2.51. The first-order valence-electron chi connectivity index (χ1n) is 7.23. The fourth-order valence-electron chi connectivity index (χ4n) is 3.01. The molecule has 0 spiro atoms. The Labute approximate surface area is 126 Å². The molecule has 1 aromatic carbocycles. The van der Waals surface area contributed by atoms with Crippen molar-refractivity contribution in [1.82, 2.24) is 4.72 Å². The van der Waals surface area contributed by atoms with Crippen LogP contribution in [0.1, 0.15) is 36.8 Å². The van der Waals surface area contributed by atoms with Crippen molar-refractivity contribution in [3.8, 4) is 5.75 Å². The summed E-state index contributed by atoms with van der Waals surface area (Å²) in [5.41, 5.74) is 6.81. The maximum absolute atomic E-state index is 12.7. The van der Waals surface area contributed by atoms with Crippen molar-refractivity contribution in [3.05, 3.63) is 23.3 Å². The number of sulfonamides is 1. The summed E-state index contributed by atoms with van der Waals surface area (Å²) in [5.74, 6) is 0.695. The van der Waals surface area contributed by atoms with E-state index < -0.39 is 15.6 Å². The molecule has 0 unspecified atom stereocenters. The van der Waals surface area contributed by atoms with Crippen LogP contribution >= 0.6 is 0 Å². The smallest absolute Gasteiger partial charge is 0.241 e. The molecule has 1 aromatic rings. The van der Waals surface area contributed by atoms with Crippen LogP contribution in [-0.4, -0.2) is 27.6 Å². The number of nitrogens with one attached hydrogen (secondary N) is 1. The summed E-state index contributed by atoms with van der Waals surface area (Å²) in [6.45, 7) is 3.95. The van der Waals surface area contributed by atoms with Gasteiger partial charge in [0, 0.05) is 12.1 Å². The van der Waals surface area contributed by atoms with Crippen LogP contribution < -0.4 is 15.2 Å². The van der Waals surface area contributed by atoms with Crippen molar-refractivity contribution >= 4 is 10.0 Å². The topological polar surface area (TPSA) is 81.4 Å². The SMILES string of the molecule is COc1cc(C)c(S(=O)(=O)NC2(CN)CCCC2)cc1C. The molecule has 1 aliphatic carbocycles. The summed E-state index contributed by atoms with van der Waals surface area (Å²) in [6, 6.07) is 3.42. The number of aryl methyl sites for hydroxylation is 2. The van der Waals surface area contributed by atoms with Gasteiger partial charge in [0.25, 0.3) is 0 Å². The van der Waals surface area contributed by atoms with E-state index in [1.165, 1.54) is 0 Å². The maximum atomic E-state index is 12.7. The molecule has 6 heteroatoms. The number of nitrogens with two attached hydrogens (primary N) is 1. The van der Waals surface area contributed by atoms with Crippen LogP contribution in [0.4, 0.5) is 0 Å². The molecule has 0 amide bonds. The van der Waals surface area contributed by atoms with Gasteiger partial charge in [-0.05, 0) is 49.9 Å². The predicted molar refractivity (Wildman–Crippen MR) is 83.0 cm³/mol. The van der Waals surface area contributed by atoms with Gasteiger partial charge < -0.3 is 10.5 Å². The molecule has 2 rings (SSSR count). The molecule has 1 aliphatic rings. The van der Waals surface area contributed by atoms with Crippen molar-refractivity contribution in [1.29, 1.82) is 0 Å². The Kier molecular flexibility index (Phi) is 4.60. The highest BCUT2D eigenvalue weighted by Gasteiger charge is 2.37. The Balaban J connectivity index is 2.38. The van der Waals surface area contributed by atoms with Gasteiger partial charge in [-0.2, -0.15) is 0 Å². The molecule has 0 heterocycles. The number of benzene rings is 1. The molecular formula is C15H24N2O3S. The number of hydrogen-bond acceptors (Lipinski definition) is 4.